The average molecular weight is 335 g/mol. The summed E-state index contributed by atoms with van der Waals surface area (Å²) in [6.45, 7) is 9.61. The molecule has 1 atom stereocenters. The topological polar surface area (TPSA) is 34.2 Å². The minimum absolute atomic E-state index is 0.184. The first kappa shape index (κ1) is 22.0. The van der Waals surface area contributed by atoms with Crippen molar-refractivity contribution in [2.75, 3.05) is 54.5 Å². The molecule has 5 nitrogen and oxygen atoms in total. The fourth-order valence-corrected chi connectivity index (χ4v) is 5.25. The lowest BCUT2D eigenvalue weighted by molar-refractivity contribution is 0.0337. The van der Waals surface area contributed by atoms with Crippen molar-refractivity contribution in [2.24, 2.45) is 0 Å². The van der Waals surface area contributed by atoms with Gasteiger partial charge in [0.15, 0.2) is 0 Å². The second kappa shape index (κ2) is 12.4. The number of hydrogen-bond donors (Lipinski definition) is 0. The Hall–Kier alpha value is 0.0169. The van der Waals surface area contributed by atoms with Crippen molar-refractivity contribution in [3.05, 3.63) is 0 Å². The van der Waals surface area contributed by atoms with Crippen LogP contribution in [0.5, 0.6) is 0 Å². The zero-order valence-electron chi connectivity index (χ0n) is 15.9. The fourth-order valence-electron chi connectivity index (χ4n) is 2.43. The summed E-state index contributed by atoms with van der Waals surface area (Å²) in [6, 6.07) is 0.894. The van der Waals surface area contributed by atoms with E-state index in [0.717, 1.165) is 38.4 Å². The molecule has 0 aromatic heterocycles. The largest absolute Gasteiger partial charge is 0.501 e. The van der Waals surface area contributed by atoms with E-state index >= 15 is 0 Å². The van der Waals surface area contributed by atoms with Crippen molar-refractivity contribution in [1.82, 2.24) is 9.80 Å². The average Bonchev–Trinajstić information content (AvgIpc) is 2.38. The summed E-state index contributed by atoms with van der Waals surface area (Å²) in [5.74, 6) is 0. The predicted octanol–water partition coefficient (Wildman–Crippen LogP) is 2.70. The van der Waals surface area contributed by atoms with Crippen LogP contribution in [-0.2, 0) is 13.3 Å². The van der Waals surface area contributed by atoms with E-state index in [2.05, 4.69) is 44.9 Å². The second-order valence-corrected chi connectivity index (χ2v) is 9.01. The maximum Gasteiger partial charge on any atom is 0.501 e. The maximum absolute atomic E-state index is 6.34. The molecule has 1 unspecified atom stereocenters. The van der Waals surface area contributed by atoms with E-state index in [4.69, 9.17) is 13.3 Å². The summed E-state index contributed by atoms with van der Waals surface area (Å²) in [7, 11) is 5.85. The summed E-state index contributed by atoms with van der Waals surface area (Å²) >= 11 is 0. The SMILES string of the molecule is CCO[Si](CCCN(C)C)(OCC)OC(C)CCCN(C)C. The third kappa shape index (κ3) is 10.7. The highest BCUT2D eigenvalue weighted by molar-refractivity contribution is 6.60. The Bertz CT molecular complexity index is 260. The monoisotopic (exact) mass is 334 g/mol. The number of hydrogen-bond acceptors (Lipinski definition) is 5. The van der Waals surface area contributed by atoms with Crippen molar-refractivity contribution in [2.45, 2.75) is 52.2 Å². The van der Waals surface area contributed by atoms with Crippen molar-refractivity contribution in [3.63, 3.8) is 0 Å². The van der Waals surface area contributed by atoms with Crippen LogP contribution in [0.4, 0.5) is 0 Å². The molecule has 6 heteroatoms. The molecule has 0 saturated carbocycles. The molecular weight excluding hydrogens is 296 g/mol. The van der Waals surface area contributed by atoms with Gasteiger partial charge in [-0.2, -0.15) is 0 Å². The Morgan fingerprint density at radius 3 is 1.82 bits per heavy atom. The third-order valence-corrected chi connectivity index (χ3v) is 6.60. The van der Waals surface area contributed by atoms with E-state index in [1.165, 1.54) is 0 Å². The Morgan fingerprint density at radius 2 is 1.36 bits per heavy atom. The van der Waals surface area contributed by atoms with Gasteiger partial charge in [-0.1, -0.05) is 0 Å². The smallest absolute Gasteiger partial charge is 0.374 e. The van der Waals surface area contributed by atoms with Crippen molar-refractivity contribution >= 4 is 8.80 Å². The maximum atomic E-state index is 6.34. The zero-order valence-corrected chi connectivity index (χ0v) is 16.9. The van der Waals surface area contributed by atoms with E-state index in [-0.39, 0.29) is 6.10 Å². The molecule has 0 aromatic rings. The lowest BCUT2D eigenvalue weighted by Crippen LogP contribution is -2.48. The Morgan fingerprint density at radius 1 is 0.864 bits per heavy atom. The van der Waals surface area contributed by atoms with Crippen LogP contribution < -0.4 is 0 Å². The van der Waals surface area contributed by atoms with Gasteiger partial charge in [-0.05, 0) is 81.3 Å². The van der Waals surface area contributed by atoms with Gasteiger partial charge in [-0.15, -0.1) is 0 Å². The van der Waals surface area contributed by atoms with E-state index in [1.807, 2.05) is 13.8 Å². The minimum Gasteiger partial charge on any atom is -0.374 e. The Kier molecular flexibility index (Phi) is 12.5. The van der Waals surface area contributed by atoms with Gasteiger partial charge in [0.05, 0.1) is 0 Å². The number of rotatable bonds is 14. The molecule has 0 aliphatic rings. The van der Waals surface area contributed by atoms with E-state index in [1.54, 1.807) is 0 Å². The first-order chi connectivity index (χ1) is 10.3. The number of nitrogens with zero attached hydrogens (tertiary/aromatic N) is 2. The van der Waals surface area contributed by atoms with E-state index < -0.39 is 8.80 Å². The highest BCUT2D eigenvalue weighted by Gasteiger charge is 2.41. The third-order valence-electron chi connectivity index (χ3n) is 3.41. The van der Waals surface area contributed by atoms with Crippen molar-refractivity contribution in [1.29, 1.82) is 0 Å². The van der Waals surface area contributed by atoms with Crippen LogP contribution in [0, 0.1) is 0 Å². The fraction of sp³-hybridized carbons (Fsp3) is 1.00. The Labute approximate surface area is 139 Å². The first-order valence-electron chi connectivity index (χ1n) is 8.60. The summed E-state index contributed by atoms with van der Waals surface area (Å²) in [6.07, 6.45) is 3.41. The molecule has 0 heterocycles. The molecule has 0 bridgehead atoms. The van der Waals surface area contributed by atoms with Crippen LogP contribution in [0.3, 0.4) is 0 Å². The molecule has 0 N–H and O–H groups in total. The quantitative estimate of drug-likeness (QED) is 0.456. The van der Waals surface area contributed by atoms with Crippen LogP contribution in [0.1, 0.15) is 40.0 Å². The van der Waals surface area contributed by atoms with Gasteiger partial charge in [-0.3, -0.25) is 0 Å². The lowest BCUT2D eigenvalue weighted by atomic mass is 10.2. The first-order valence-corrected chi connectivity index (χ1v) is 10.5. The lowest BCUT2D eigenvalue weighted by Gasteiger charge is -2.32. The van der Waals surface area contributed by atoms with Crippen LogP contribution in [-0.4, -0.2) is 79.2 Å². The van der Waals surface area contributed by atoms with Crippen LogP contribution in [0.15, 0.2) is 0 Å². The van der Waals surface area contributed by atoms with Crippen LogP contribution in [0.25, 0.3) is 0 Å². The molecule has 22 heavy (non-hydrogen) atoms. The molecule has 0 amide bonds. The molecule has 0 spiro atoms. The van der Waals surface area contributed by atoms with E-state index in [0.29, 0.717) is 13.2 Å². The summed E-state index contributed by atoms with van der Waals surface area (Å²) in [5.41, 5.74) is 0. The molecule has 0 aliphatic carbocycles. The summed E-state index contributed by atoms with van der Waals surface area (Å²) in [5, 5.41) is 0. The molecule has 0 aliphatic heterocycles. The Balaban J connectivity index is 4.52. The van der Waals surface area contributed by atoms with Crippen molar-refractivity contribution < 1.29 is 13.3 Å². The predicted molar refractivity (Wildman–Crippen MR) is 95.3 cm³/mol. The van der Waals surface area contributed by atoms with Gasteiger partial charge in [0, 0.05) is 25.4 Å². The van der Waals surface area contributed by atoms with Gasteiger partial charge in [0.2, 0.25) is 0 Å². The van der Waals surface area contributed by atoms with Gasteiger partial charge in [-0.25, -0.2) is 0 Å². The second-order valence-electron chi connectivity index (χ2n) is 6.33. The van der Waals surface area contributed by atoms with Gasteiger partial charge in [0.25, 0.3) is 0 Å². The standard InChI is InChI=1S/C16H38N2O3Si/c1-8-19-22(20-9-2,15-11-14-18(6)7)21-16(3)12-10-13-17(4)5/h16H,8-15H2,1-7H3. The van der Waals surface area contributed by atoms with Gasteiger partial charge >= 0.3 is 8.80 Å². The van der Waals surface area contributed by atoms with Gasteiger partial charge < -0.3 is 23.1 Å². The molecule has 134 valence electrons. The molecular formula is C16H38N2O3Si. The van der Waals surface area contributed by atoms with E-state index in [9.17, 15) is 0 Å². The highest BCUT2D eigenvalue weighted by atomic mass is 28.4. The van der Waals surface area contributed by atoms with Crippen LogP contribution >= 0.6 is 0 Å². The molecule has 0 fully saturated rings. The molecule has 0 radical (unpaired) electrons. The minimum atomic E-state index is -2.54. The summed E-state index contributed by atoms with van der Waals surface area (Å²) < 4.78 is 18.4. The molecule has 0 rings (SSSR count). The normalized spacial score (nSPS) is 14.0. The van der Waals surface area contributed by atoms with Gasteiger partial charge in [0.1, 0.15) is 0 Å². The molecule has 0 aromatic carbocycles. The van der Waals surface area contributed by atoms with Crippen molar-refractivity contribution in [3.8, 4) is 0 Å². The zero-order chi connectivity index (χ0) is 17.0. The highest BCUT2D eigenvalue weighted by Crippen LogP contribution is 2.22. The molecule has 0 saturated heterocycles. The summed E-state index contributed by atoms with van der Waals surface area (Å²) in [4.78, 5) is 4.40. The van der Waals surface area contributed by atoms with Crippen LogP contribution in [0.2, 0.25) is 6.04 Å².